The van der Waals surface area contributed by atoms with Crippen molar-refractivity contribution in [3.8, 4) is 0 Å². The Bertz CT molecular complexity index is 459. The van der Waals surface area contributed by atoms with Crippen LogP contribution in [0.25, 0.3) is 0 Å². The van der Waals surface area contributed by atoms with Crippen molar-refractivity contribution in [2.24, 2.45) is 5.92 Å². The number of nitrogens with one attached hydrogen (secondary N) is 1. The fourth-order valence-electron chi connectivity index (χ4n) is 2.16. The van der Waals surface area contributed by atoms with E-state index in [1.807, 2.05) is 13.0 Å². The van der Waals surface area contributed by atoms with Crippen LogP contribution in [0.15, 0.2) is 18.2 Å². The Labute approximate surface area is 123 Å². The highest BCUT2D eigenvalue weighted by molar-refractivity contribution is 6.42. The molecule has 0 saturated carbocycles. The Morgan fingerprint density at radius 1 is 1.32 bits per heavy atom. The number of halogens is 2. The van der Waals surface area contributed by atoms with Gasteiger partial charge in [0.25, 0.3) is 0 Å². The Balaban J connectivity index is 1.97. The van der Waals surface area contributed by atoms with Gasteiger partial charge < -0.3 is 10.1 Å². The Kier molecular flexibility index (Phi) is 5.08. The smallest absolute Gasteiger partial charge is 0.223 e. The number of benzene rings is 1. The summed E-state index contributed by atoms with van der Waals surface area (Å²) in [4.78, 5) is 12.1. The zero-order chi connectivity index (χ0) is 13.8. The van der Waals surface area contributed by atoms with Crippen LogP contribution in [0.2, 0.25) is 10.0 Å². The molecular formula is C14H17Cl2NO2. The molecule has 5 heteroatoms. The third kappa shape index (κ3) is 3.85. The van der Waals surface area contributed by atoms with Gasteiger partial charge in [-0.3, -0.25) is 4.79 Å². The lowest BCUT2D eigenvalue weighted by Crippen LogP contribution is -2.35. The molecule has 0 spiro atoms. The maximum atomic E-state index is 12.1. The van der Waals surface area contributed by atoms with E-state index in [-0.39, 0.29) is 17.9 Å². The van der Waals surface area contributed by atoms with Crippen LogP contribution >= 0.6 is 23.2 Å². The van der Waals surface area contributed by atoms with E-state index in [2.05, 4.69) is 5.32 Å². The molecule has 1 N–H and O–H groups in total. The molecule has 1 amide bonds. The summed E-state index contributed by atoms with van der Waals surface area (Å²) in [6, 6.07) is 5.34. The SMILES string of the molecule is CC(NC(=O)C1CCOCC1)c1ccc(Cl)c(Cl)c1. The largest absolute Gasteiger partial charge is 0.381 e. The van der Waals surface area contributed by atoms with Crippen molar-refractivity contribution in [3.63, 3.8) is 0 Å². The summed E-state index contributed by atoms with van der Waals surface area (Å²) in [5.74, 6) is 0.140. The lowest BCUT2D eigenvalue weighted by molar-refractivity contribution is -0.128. The van der Waals surface area contributed by atoms with E-state index >= 15 is 0 Å². The van der Waals surface area contributed by atoms with Crippen LogP contribution in [0.4, 0.5) is 0 Å². The first-order chi connectivity index (χ1) is 9.08. The molecule has 19 heavy (non-hydrogen) atoms. The molecule has 1 aliphatic rings. The highest BCUT2D eigenvalue weighted by Crippen LogP contribution is 2.26. The van der Waals surface area contributed by atoms with Gasteiger partial charge in [-0.05, 0) is 37.5 Å². The van der Waals surface area contributed by atoms with Gasteiger partial charge in [0.15, 0.2) is 0 Å². The first kappa shape index (κ1) is 14.6. The first-order valence-electron chi connectivity index (χ1n) is 6.41. The van der Waals surface area contributed by atoms with Gasteiger partial charge >= 0.3 is 0 Å². The molecule has 1 saturated heterocycles. The lowest BCUT2D eigenvalue weighted by atomic mass is 9.98. The summed E-state index contributed by atoms with van der Waals surface area (Å²) in [6.07, 6.45) is 1.58. The predicted octanol–water partition coefficient (Wildman–Crippen LogP) is 3.60. The van der Waals surface area contributed by atoms with Crippen LogP contribution in [0.3, 0.4) is 0 Å². The summed E-state index contributed by atoms with van der Waals surface area (Å²) in [5.41, 5.74) is 0.954. The predicted molar refractivity (Wildman–Crippen MR) is 76.6 cm³/mol. The van der Waals surface area contributed by atoms with Crippen molar-refractivity contribution in [3.05, 3.63) is 33.8 Å². The topological polar surface area (TPSA) is 38.3 Å². The molecule has 1 atom stereocenters. The van der Waals surface area contributed by atoms with E-state index in [1.54, 1.807) is 12.1 Å². The molecule has 1 unspecified atom stereocenters. The van der Waals surface area contributed by atoms with Gasteiger partial charge in [-0.25, -0.2) is 0 Å². The van der Waals surface area contributed by atoms with Crippen molar-refractivity contribution in [1.29, 1.82) is 0 Å². The Morgan fingerprint density at radius 3 is 2.63 bits per heavy atom. The minimum atomic E-state index is -0.0786. The van der Waals surface area contributed by atoms with Gasteiger partial charge in [0.1, 0.15) is 0 Å². The maximum Gasteiger partial charge on any atom is 0.223 e. The average molecular weight is 302 g/mol. The molecule has 2 rings (SSSR count). The van der Waals surface area contributed by atoms with Gasteiger partial charge in [0, 0.05) is 19.1 Å². The van der Waals surface area contributed by atoms with Crippen LogP contribution in [0.5, 0.6) is 0 Å². The van der Waals surface area contributed by atoms with Gasteiger partial charge in [-0.15, -0.1) is 0 Å². The van der Waals surface area contributed by atoms with Crippen molar-refractivity contribution < 1.29 is 9.53 Å². The van der Waals surface area contributed by atoms with E-state index in [4.69, 9.17) is 27.9 Å². The number of amides is 1. The number of rotatable bonds is 3. The molecule has 0 bridgehead atoms. The molecule has 1 heterocycles. The summed E-state index contributed by atoms with van der Waals surface area (Å²) in [7, 11) is 0. The van der Waals surface area contributed by atoms with Crippen molar-refractivity contribution in [1.82, 2.24) is 5.32 Å². The molecule has 0 radical (unpaired) electrons. The quantitative estimate of drug-likeness (QED) is 0.926. The lowest BCUT2D eigenvalue weighted by Gasteiger charge is -2.23. The number of carbonyl (C=O) groups excluding carboxylic acids is 1. The van der Waals surface area contributed by atoms with Crippen molar-refractivity contribution >= 4 is 29.1 Å². The van der Waals surface area contributed by atoms with Crippen LogP contribution < -0.4 is 5.32 Å². The highest BCUT2D eigenvalue weighted by Gasteiger charge is 2.23. The second-order valence-corrected chi connectivity index (χ2v) is 5.60. The second kappa shape index (κ2) is 6.60. The second-order valence-electron chi connectivity index (χ2n) is 4.79. The van der Waals surface area contributed by atoms with Gasteiger partial charge in [0.2, 0.25) is 5.91 Å². The fraction of sp³-hybridized carbons (Fsp3) is 0.500. The summed E-state index contributed by atoms with van der Waals surface area (Å²) < 4.78 is 5.26. The molecule has 0 aromatic heterocycles. The molecule has 0 aliphatic carbocycles. The number of ether oxygens (including phenoxy) is 1. The Hall–Kier alpha value is -0.770. The molecule has 1 aromatic carbocycles. The van der Waals surface area contributed by atoms with E-state index in [0.717, 1.165) is 18.4 Å². The summed E-state index contributed by atoms with van der Waals surface area (Å²) >= 11 is 11.9. The van der Waals surface area contributed by atoms with E-state index in [1.165, 1.54) is 0 Å². The molecular weight excluding hydrogens is 285 g/mol. The van der Waals surface area contributed by atoms with E-state index < -0.39 is 0 Å². The summed E-state index contributed by atoms with van der Waals surface area (Å²) in [6.45, 7) is 3.27. The van der Waals surface area contributed by atoms with Crippen molar-refractivity contribution in [2.45, 2.75) is 25.8 Å². The van der Waals surface area contributed by atoms with Crippen LogP contribution in [0.1, 0.15) is 31.4 Å². The van der Waals surface area contributed by atoms with Gasteiger partial charge in [-0.1, -0.05) is 29.3 Å². The zero-order valence-corrected chi connectivity index (χ0v) is 12.3. The maximum absolute atomic E-state index is 12.1. The van der Waals surface area contributed by atoms with Gasteiger partial charge in [-0.2, -0.15) is 0 Å². The van der Waals surface area contributed by atoms with Crippen LogP contribution in [-0.4, -0.2) is 19.1 Å². The molecule has 1 aliphatic heterocycles. The monoisotopic (exact) mass is 301 g/mol. The first-order valence-corrected chi connectivity index (χ1v) is 7.16. The molecule has 104 valence electrons. The van der Waals surface area contributed by atoms with Crippen LogP contribution in [0, 0.1) is 5.92 Å². The number of hydrogen-bond donors (Lipinski definition) is 1. The highest BCUT2D eigenvalue weighted by atomic mass is 35.5. The molecule has 3 nitrogen and oxygen atoms in total. The number of carbonyl (C=O) groups is 1. The van der Waals surface area contributed by atoms with Gasteiger partial charge in [0.05, 0.1) is 16.1 Å². The number of hydrogen-bond acceptors (Lipinski definition) is 2. The third-order valence-corrected chi connectivity index (χ3v) is 4.13. The van der Waals surface area contributed by atoms with E-state index in [9.17, 15) is 4.79 Å². The third-order valence-electron chi connectivity index (χ3n) is 3.39. The molecule has 1 fully saturated rings. The fourth-order valence-corrected chi connectivity index (χ4v) is 2.46. The minimum Gasteiger partial charge on any atom is -0.381 e. The minimum absolute atomic E-state index is 0.0546. The summed E-state index contributed by atoms with van der Waals surface area (Å²) in [5, 5.41) is 4.04. The standard InChI is InChI=1S/C14H17Cl2NO2/c1-9(11-2-3-12(15)13(16)8-11)17-14(18)10-4-6-19-7-5-10/h2-3,8-10H,4-7H2,1H3,(H,17,18). The average Bonchev–Trinajstić information content (AvgIpc) is 2.42. The van der Waals surface area contributed by atoms with Crippen molar-refractivity contribution in [2.75, 3.05) is 13.2 Å². The van der Waals surface area contributed by atoms with Crippen LogP contribution in [-0.2, 0) is 9.53 Å². The van der Waals surface area contributed by atoms with E-state index in [0.29, 0.717) is 23.3 Å². The normalized spacial score (nSPS) is 18.1. The zero-order valence-electron chi connectivity index (χ0n) is 10.8. The Morgan fingerprint density at radius 2 is 2.00 bits per heavy atom. The molecule has 1 aromatic rings.